The molecule has 0 bridgehead atoms. The first-order valence-corrected chi connectivity index (χ1v) is 8.87. The molecule has 4 nitrogen and oxygen atoms in total. The molecule has 0 saturated heterocycles. The van der Waals surface area contributed by atoms with Gasteiger partial charge in [0.2, 0.25) is 0 Å². The van der Waals surface area contributed by atoms with E-state index in [1.165, 1.54) is 5.56 Å². The third-order valence-corrected chi connectivity index (χ3v) is 4.60. The van der Waals surface area contributed by atoms with E-state index >= 15 is 0 Å². The van der Waals surface area contributed by atoms with Crippen molar-refractivity contribution in [2.75, 3.05) is 0 Å². The van der Waals surface area contributed by atoms with Crippen LogP contribution in [0.4, 0.5) is 0 Å². The second kappa shape index (κ2) is 7.50. The van der Waals surface area contributed by atoms with Crippen LogP contribution in [0.1, 0.15) is 17.7 Å². The first kappa shape index (κ1) is 16.5. The lowest BCUT2D eigenvalue weighted by Crippen LogP contribution is -2.23. The summed E-state index contributed by atoms with van der Waals surface area (Å²) in [6.45, 7) is 0. The summed E-state index contributed by atoms with van der Waals surface area (Å²) in [5.74, 6) is 0.873. The first-order chi connectivity index (χ1) is 12.8. The number of aromatic nitrogens is 2. The molecule has 0 aliphatic carbocycles. The Morgan fingerprint density at radius 1 is 0.962 bits per heavy atom. The second-order valence-electron chi connectivity index (χ2n) is 6.60. The lowest BCUT2D eigenvalue weighted by molar-refractivity contribution is 0.378. The molecule has 130 valence electrons. The van der Waals surface area contributed by atoms with Crippen LogP contribution >= 0.6 is 0 Å². The lowest BCUT2D eigenvalue weighted by atomic mass is 10.0. The van der Waals surface area contributed by atoms with Crippen LogP contribution in [-0.4, -0.2) is 16.2 Å². The Balaban J connectivity index is 1.41. The highest BCUT2D eigenvalue weighted by atomic mass is 16.5. The third kappa shape index (κ3) is 3.81. The van der Waals surface area contributed by atoms with E-state index in [9.17, 15) is 0 Å². The highest BCUT2D eigenvalue weighted by Crippen LogP contribution is 2.24. The predicted molar refractivity (Wildman–Crippen MR) is 104 cm³/mol. The van der Waals surface area contributed by atoms with Gasteiger partial charge in [-0.3, -0.25) is 4.98 Å². The van der Waals surface area contributed by atoms with Gasteiger partial charge in [0.25, 0.3) is 0 Å². The summed E-state index contributed by atoms with van der Waals surface area (Å²) in [5, 5.41) is 6.49. The number of aryl methyl sites for hydroxylation is 1. The van der Waals surface area contributed by atoms with Crippen molar-refractivity contribution < 1.29 is 4.52 Å². The van der Waals surface area contributed by atoms with Crippen LogP contribution in [0.5, 0.6) is 0 Å². The van der Waals surface area contributed by atoms with E-state index in [1.54, 1.807) is 6.20 Å². The molecule has 0 aliphatic rings. The Labute approximate surface area is 152 Å². The van der Waals surface area contributed by atoms with Gasteiger partial charge in [0.1, 0.15) is 11.5 Å². The van der Waals surface area contributed by atoms with Gasteiger partial charge in [0.15, 0.2) is 0 Å². The van der Waals surface area contributed by atoms with Gasteiger partial charge < -0.3 is 10.3 Å². The van der Waals surface area contributed by atoms with E-state index in [1.807, 2.05) is 42.6 Å². The molecule has 0 radical (unpaired) electrons. The summed E-state index contributed by atoms with van der Waals surface area (Å²) in [5.41, 5.74) is 9.44. The molecule has 2 aromatic heterocycles. The van der Waals surface area contributed by atoms with E-state index in [0.29, 0.717) is 0 Å². The van der Waals surface area contributed by atoms with E-state index in [-0.39, 0.29) is 6.04 Å². The molecule has 0 fully saturated rings. The molecular weight excluding hydrogens is 322 g/mol. The minimum atomic E-state index is 0.110. The summed E-state index contributed by atoms with van der Waals surface area (Å²) >= 11 is 0. The van der Waals surface area contributed by atoms with E-state index in [2.05, 4.69) is 34.4 Å². The molecule has 2 N–H and O–H groups in total. The minimum Gasteiger partial charge on any atom is -0.361 e. The number of rotatable bonds is 6. The van der Waals surface area contributed by atoms with Gasteiger partial charge in [-0.05, 0) is 35.9 Å². The van der Waals surface area contributed by atoms with Crippen molar-refractivity contribution in [2.24, 2.45) is 5.73 Å². The van der Waals surface area contributed by atoms with Crippen molar-refractivity contribution >= 4 is 10.8 Å². The summed E-state index contributed by atoms with van der Waals surface area (Å²) in [6, 6.07) is 20.7. The quantitative estimate of drug-likeness (QED) is 0.564. The Bertz CT molecular complexity index is 994. The Morgan fingerprint density at radius 3 is 2.73 bits per heavy atom. The fourth-order valence-electron chi connectivity index (χ4n) is 3.16. The molecule has 4 aromatic rings. The fraction of sp³-hybridized carbons (Fsp3) is 0.182. The van der Waals surface area contributed by atoms with Crippen molar-refractivity contribution in [1.82, 2.24) is 10.1 Å². The molecule has 0 saturated carbocycles. The Hall–Kier alpha value is -2.98. The summed E-state index contributed by atoms with van der Waals surface area (Å²) < 4.78 is 5.51. The number of hydrogen-bond acceptors (Lipinski definition) is 4. The van der Waals surface area contributed by atoms with Crippen molar-refractivity contribution in [3.63, 3.8) is 0 Å². The molecule has 1 atom stereocenters. The summed E-state index contributed by atoms with van der Waals surface area (Å²) in [7, 11) is 0. The van der Waals surface area contributed by atoms with Crippen LogP contribution in [0.15, 0.2) is 77.6 Å². The van der Waals surface area contributed by atoms with E-state index in [0.717, 1.165) is 47.1 Å². The smallest absolute Gasteiger partial charge is 0.137 e. The van der Waals surface area contributed by atoms with Gasteiger partial charge >= 0.3 is 0 Å². The fourth-order valence-corrected chi connectivity index (χ4v) is 3.16. The maximum Gasteiger partial charge on any atom is 0.137 e. The SMILES string of the molecule is N[C@H](CCc1cc(-c2ccc3cnccc3c2)no1)Cc1ccccc1. The average Bonchev–Trinajstić information content (AvgIpc) is 3.16. The Morgan fingerprint density at radius 2 is 1.85 bits per heavy atom. The second-order valence-corrected chi connectivity index (χ2v) is 6.60. The zero-order valence-corrected chi connectivity index (χ0v) is 14.5. The summed E-state index contributed by atoms with van der Waals surface area (Å²) in [6.07, 6.45) is 6.20. The number of fused-ring (bicyclic) bond motifs is 1. The molecule has 4 rings (SSSR count). The Kier molecular flexibility index (Phi) is 4.75. The van der Waals surface area contributed by atoms with Gasteiger partial charge in [0.05, 0.1) is 0 Å². The predicted octanol–water partition coefficient (Wildman–Crippen LogP) is 4.39. The third-order valence-electron chi connectivity index (χ3n) is 4.60. The zero-order valence-electron chi connectivity index (χ0n) is 14.5. The van der Waals surface area contributed by atoms with Crippen LogP contribution in [0.3, 0.4) is 0 Å². The highest BCUT2D eigenvalue weighted by molar-refractivity contribution is 5.85. The van der Waals surface area contributed by atoms with Gasteiger partial charge in [-0.15, -0.1) is 0 Å². The highest BCUT2D eigenvalue weighted by Gasteiger charge is 2.10. The zero-order chi connectivity index (χ0) is 17.8. The number of pyridine rings is 1. The molecule has 2 aromatic carbocycles. The molecule has 26 heavy (non-hydrogen) atoms. The van der Waals surface area contributed by atoms with Crippen LogP contribution < -0.4 is 5.73 Å². The minimum absolute atomic E-state index is 0.110. The number of nitrogens with two attached hydrogens (primary N) is 1. The van der Waals surface area contributed by atoms with Crippen LogP contribution in [0.25, 0.3) is 22.0 Å². The largest absolute Gasteiger partial charge is 0.361 e. The molecule has 0 amide bonds. The van der Waals surface area contributed by atoms with Gasteiger partial charge in [-0.25, -0.2) is 0 Å². The van der Waals surface area contributed by atoms with E-state index < -0.39 is 0 Å². The number of hydrogen-bond donors (Lipinski definition) is 1. The molecule has 0 aliphatic heterocycles. The lowest BCUT2D eigenvalue weighted by Gasteiger charge is -2.10. The standard InChI is InChI=1S/C22H21N3O/c23-20(12-16-4-2-1-3-5-16)8-9-21-14-22(25-26-21)18-6-7-19-15-24-11-10-17(19)13-18/h1-7,10-11,13-15,20H,8-9,12,23H2/t20-/m1/s1. The topological polar surface area (TPSA) is 64.9 Å². The van der Waals surface area contributed by atoms with E-state index in [4.69, 9.17) is 10.3 Å². The monoisotopic (exact) mass is 343 g/mol. The molecule has 0 spiro atoms. The normalized spacial score (nSPS) is 12.3. The van der Waals surface area contributed by atoms with Crippen LogP contribution in [-0.2, 0) is 12.8 Å². The van der Waals surface area contributed by atoms with Gasteiger partial charge in [-0.1, -0.05) is 47.6 Å². The molecule has 2 heterocycles. The van der Waals surface area contributed by atoms with Crippen molar-refractivity contribution in [1.29, 1.82) is 0 Å². The molecule has 0 unspecified atom stereocenters. The van der Waals surface area contributed by atoms with Crippen molar-refractivity contribution in [3.8, 4) is 11.3 Å². The van der Waals surface area contributed by atoms with Crippen LogP contribution in [0, 0.1) is 0 Å². The van der Waals surface area contributed by atoms with Crippen LogP contribution in [0.2, 0.25) is 0 Å². The van der Waals surface area contributed by atoms with Gasteiger partial charge in [-0.2, -0.15) is 0 Å². The number of benzene rings is 2. The molecule has 4 heteroatoms. The maximum atomic E-state index is 6.27. The van der Waals surface area contributed by atoms with Crippen molar-refractivity contribution in [3.05, 3.63) is 84.4 Å². The maximum absolute atomic E-state index is 6.27. The first-order valence-electron chi connectivity index (χ1n) is 8.87. The molecular formula is C22H21N3O. The van der Waals surface area contributed by atoms with Crippen molar-refractivity contribution in [2.45, 2.75) is 25.3 Å². The van der Waals surface area contributed by atoms with Gasteiger partial charge in [0, 0.05) is 41.9 Å². The number of nitrogens with zero attached hydrogens (tertiary/aromatic N) is 2. The summed E-state index contributed by atoms with van der Waals surface area (Å²) in [4.78, 5) is 4.14. The average molecular weight is 343 g/mol.